The van der Waals surface area contributed by atoms with E-state index in [1.807, 2.05) is 44.2 Å². The third-order valence-corrected chi connectivity index (χ3v) is 3.73. The molecule has 0 fully saturated rings. The van der Waals surface area contributed by atoms with Crippen molar-refractivity contribution in [2.24, 2.45) is 0 Å². The first-order valence-corrected chi connectivity index (χ1v) is 7.10. The van der Waals surface area contributed by atoms with Crippen LogP contribution in [0.5, 0.6) is 5.75 Å². The van der Waals surface area contributed by atoms with Gasteiger partial charge in [0.15, 0.2) is 0 Å². The molecule has 0 saturated carbocycles. The number of nitrogens with zero attached hydrogens (tertiary/aromatic N) is 1. The fourth-order valence-electron chi connectivity index (χ4n) is 2.52. The molecule has 0 unspecified atom stereocenters. The van der Waals surface area contributed by atoms with Gasteiger partial charge in [-0.1, -0.05) is 6.07 Å². The monoisotopic (exact) mass is 282 g/mol. The summed E-state index contributed by atoms with van der Waals surface area (Å²) in [6.07, 6.45) is 0.851. The molecule has 0 radical (unpaired) electrons. The number of carbonyl (C=O) groups excluding carboxylic acids is 1. The summed E-state index contributed by atoms with van der Waals surface area (Å²) in [5, 5.41) is 2.84. The number of fused-ring (bicyclic) bond motifs is 1. The molecule has 4 nitrogen and oxygen atoms in total. The summed E-state index contributed by atoms with van der Waals surface area (Å²) in [7, 11) is 0. The number of ether oxygens (including phenoxy) is 1. The molecule has 1 aromatic carbocycles. The van der Waals surface area contributed by atoms with E-state index < -0.39 is 0 Å². The Morgan fingerprint density at radius 3 is 2.90 bits per heavy atom. The summed E-state index contributed by atoms with van der Waals surface area (Å²) in [4.78, 5) is 16.1. The van der Waals surface area contributed by atoms with Gasteiger partial charge in [-0.25, -0.2) is 0 Å². The van der Waals surface area contributed by atoms with Crippen molar-refractivity contribution in [1.82, 2.24) is 10.3 Å². The summed E-state index contributed by atoms with van der Waals surface area (Å²) >= 11 is 0. The largest absolute Gasteiger partial charge is 0.489 e. The second-order valence-corrected chi connectivity index (χ2v) is 5.31. The van der Waals surface area contributed by atoms with E-state index in [9.17, 15) is 4.79 Å². The highest BCUT2D eigenvalue weighted by atomic mass is 16.5. The molecule has 21 heavy (non-hydrogen) atoms. The van der Waals surface area contributed by atoms with Crippen LogP contribution in [0, 0.1) is 13.8 Å². The maximum Gasteiger partial charge on any atom is 0.251 e. The summed E-state index contributed by atoms with van der Waals surface area (Å²) in [5.41, 5.74) is 4.89. The van der Waals surface area contributed by atoms with E-state index in [0.29, 0.717) is 13.2 Å². The SMILES string of the molecule is Cc1ccc(COc2ccc3c(c2)CCNC3=O)c(C)n1. The second-order valence-electron chi connectivity index (χ2n) is 5.31. The predicted octanol–water partition coefficient (Wildman–Crippen LogP) is 2.56. The second kappa shape index (κ2) is 5.56. The summed E-state index contributed by atoms with van der Waals surface area (Å²) in [6, 6.07) is 9.68. The van der Waals surface area contributed by atoms with Crippen LogP contribution in [0.15, 0.2) is 30.3 Å². The molecule has 1 aliphatic heterocycles. The Balaban J connectivity index is 1.75. The van der Waals surface area contributed by atoms with Crippen LogP contribution in [0.25, 0.3) is 0 Å². The van der Waals surface area contributed by atoms with Gasteiger partial charge in [-0.2, -0.15) is 0 Å². The molecule has 0 saturated heterocycles. The van der Waals surface area contributed by atoms with Crippen LogP contribution in [-0.4, -0.2) is 17.4 Å². The number of aryl methyl sites for hydroxylation is 2. The number of carbonyl (C=O) groups is 1. The van der Waals surface area contributed by atoms with Crippen LogP contribution in [0.2, 0.25) is 0 Å². The average molecular weight is 282 g/mol. The minimum Gasteiger partial charge on any atom is -0.489 e. The lowest BCUT2D eigenvalue weighted by Gasteiger charge is -2.17. The van der Waals surface area contributed by atoms with Crippen molar-refractivity contribution in [3.8, 4) is 5.75 Å². The van der Waals surface area contributed by atoms with E-state index in [1.165, 1.54) is 0 Å². The number of aromatic nitrogens is 1. The van der Waals surface area contributed by atoms with Gasteiger partial charge in [0.25, 0.3) is 5.91 Å². The first-order valence-electron chi connectivity index (χ1n) is 7.10. The van der Waals surface area contributed by atoms with Gasteiger partial charge in [0.1, 0.15) is 12.4 Å². The van der Waals surface area contributed by atoms with E-state index in [2.05, 4.69) is 10.3 Å². The minimum absolute atomic E-state index is 0.00128. The van der Waals surface area contributed by atoms with Crippen LogP contribution in [0.3, 0.4) is 0 Å². The van der Waals surface area contributed by atoms with Crippen LogP contribution in [-0.2, 0) is 13.0 Å². The highest BCUT2D eigenvalue weighted by Crippen LogP contribution is 2.22. The Kier molecular flexibility index (Phi) is 3.60. The van der Waals surface area contributed by atoms with Crippen LogP contribution in [0.4, 0.5) is 0 Å². The van der Waals surface area contributed by atoms with Crippen molar-refractivity contribution < 1.29 is 9.53 Å². The lowest BCUT2D eigenvalue weighted by Crippen LogP contribution is -2.31. The molecule has 2 heterocycles. The number of benzene rings is 1. The van der Waals surface area contributed by atoms with E-state index in [4.69, 9.17) is 4.74 Å². The summed E-state index contributed by atoms with van der Waals surface area (Å²) in [6.45, 7) is 5.15. The number of hydrogen-bond donors (Lipinski definition) is 1. The minimum atomic E-state index is 0.00128. The molecule has 0 atom stereocenters. The average Bonchev–Trinajstić information content (AvgIpc) is 2.46. The molecule has 4 heteroatoms. The van der Waals surface area contributed by atoms with Gasteiger partial charge in [-0.05, 0) is 50.1 Å². The Morgan fingerprint density at radius 1 is 1.24 bits per heavy atom. The normalized spacial score (nSPS) is 13.5. The first-order chi connectivity index (χ1) is 10.1. The Hall–Kier alpha value is -2.36. The number of pyridine rings is 1. The van der Waals surface area contributed by atoms with Gasteiger partial charge >= 0.3 is 0 Å². The lowest BCUT2D eigenvalue weighted by atomic mass is 10.0. The van der Waals surface area contributed by atoms with Gasteiger partial charge in [-0.3, -0.25) is 9.78 Å². The Morgan fingerprint density at radius 2 is 2.10 bits per heavy atom. The van der Waals surface area contributed by atoms with Gasteiger partial charge < -0.3 is 10.1 Å². The molecule has 1 N–H and O–H groups in total. The van der Waals surface area contributed by atoms with Crippen molar-refractivity contribution in [3.05, 3.63) is 58.4 Å². The molecule has 2 aromatic rings. The summed E-state index contributed by atoms with van der Waals surface area (Å²) < 4.78 is 5.84. The summed E-state index contributed by atoms with van der Waals surface area (Å²) in [5.74, 6) is 0.796. The van der Waals surface area contributed by atoms with Crippen molar-refractivity contribution in [1.29, 1.82) is 0 Å². The standard InChI is InChI=1S/C17H18N2O2/c1-11-3-4-14(12(2)19-11)10-21-15-5-6-16-13(9-15)7-8-18-17(16)20/h3-6,9H,7-8,10H2,1-2H3,(H,18,20). The molecule has 1 amide bonds. The maximum atomic E-state index is 11.7. The third kappa shape index (κ3) is 2.89. The highest BCUT2D eigenvalue weighted by molar-refractivity contribution is 5.96. The van der Waals surface area contributed by atoms with Crippen LogP contribution < -0.4 is 10.1 Å². The first kappa shape index (κ1) is 13.6. The van der Waals surface area contributed by atoms with Crippen LogP contribution >= 0.6 is 0 Å². The number of nitrogens with one attached hydrogen (secondary N) is 1. The van der Waals surface area contributed by atoms with Crippen molar-refractivity contribution >= 4 is 5.91 Å². The maximum absolute atomic E-state index is 11.7. The fourth-order valence-corrected chi connectivity index (χ4v) is 2.52. The van der Waals surface area contributed by atoms with Gasteiger partial charge in [0.2, 0.25) is 0 Å². The molecule has 0 spiro atoms. The van der Waals surface area contributed by atoms with E-state index in [1.54, 1.807) is 0 Å². The third-order valence-electron chi connectivity index (χ3n) is 3.73. The van der Waals surface area contributed by atoms with Crippen molar-refractivity contribution in [2.45, 2.75) is 26.9 Å². The molecule has 1 aromatic heterocycles. The predicted molar refractivity (Wildman–Crippen MR) is 80.5 cm³/mol. The number of rotatable bonds is 3. The molecular weight excluding hydrogens is 264 g/mol. The molecule has 3 rings (SSSR count). The van der Waals surface area contributed by atoms with Gasteiger partial charge in [-0.15, -0.1) is 0 Å². The van der Waals surface area contributed by atoms with Gasteiger partial charge in [0.05, 0.1) is 0 Å². The number of hydrogen-bond acceptors (Lipinski definition) is 3. The molecular formula is C17H18N2O2. The lowest BCUT2D eigenvalue weighted by molar-refractivity contribution is 0.0946. The molecule has 0 bridgehead atoms. The Labute approximate surface area is 124 Å². The van der Waals surface area contributed by atoms with Crippen molar-refractivity contribution in [2.75, 3.05) is 6.54 Å². The molecule has 1 aliphatic rings. The Bertz CT molecular complexity index is 695. The zero-order valence-corrected chi connectivity index (χ0v) is 12.3. The van der Waals surface area contributed by atoms with E-state index >= 15 is 0 Å². The van der Waals surface area contributed by atoms with E-state index in [0.717, 1.165) is 40.2 Å². The van der Waals surface area contributed by atoms with E-state index in [-0.39, 0.29) is 5.91 Å². The molecule has 108 valence electrons. The number of amides is 1. The zero-order chi connectivity index (χ0) is 14.8. The quantitative estimate of drug-likeness (QED) is 0.941. The molecule has 0 aliphatic carbocycles. The topological polar surface area (TPSA) is 51.2 Å². The van der Waals surface area contributed by atoms with Crippen LogP contribution in [0.1, 0.15) is 32.9 Å². The van der Waals surface area contributed by atoms with Crippen molar-refractivity contribution in [3.63, 3.8) is 0 Å². The van der Waals surface area contributed by atoms with Gasteiger partial charge in [0, 0.05) is 29.1 Å². The fraction of sp³-hybridized carbons (Fsp3) is 0.294. The highest BCUT2D eigenvalue weighted by Gasteiger charge is 2.16. The zero-order valence-electron chi connectivity index (χ0n) is 12.3. The smallest absolute Gasteiger partial charge is 0.251 e.